The number of hydrogen-bond donors (Lipinski definition) is 2. The second-order valence-electron chi connectivity index (χ2n) is 3.33. The summed E-state index contributed by atoms with van der Waals surface area (Å²) in [4.78, 5) is 3.66. The van der Waals surface area contributed by atoms with Crippen LogP contribution in [-0.4, -0.2) is 0 Å². The number of thiol groups is 2. The molecule has 5 heteroatoms. The number of hydrogen-bond acceptors (Lipinski definition) is 3. The lowest BCUT2D eigenvalue weighted by Crippen LogP contribution is -1.77. The third kappa shape index (κ3) is 3.52. The first-order chi connectivity index (χ1) is 8.06. The molecule has 0 aliphatic heterocycles. The number of rotatable bonds is 2. The van der Waals surface area contributed by atoms with Gasteiger partial charge in [0, 0.05) is 19.6 Å². The molecular weight excluding hydrogens is 311 g/mol. The molecular formula is C12H8Cl2S3. The first kappa shape index (κ1) is 13.5. The Hall–Kier alpha value is 0.0700. The fraction of sp³-hybridized carbons (Fsp3) is 0. The van der Waals surface area contributed by atoms with Crippen molar-refractivity contribution in [1.29, 1.82) is 0 Å². The van der Waals surface area contributed by atoms with Crippen LogP contribution in [0.5, 0.6) is 0 Å². The second kappa shape index (κ2) is 5.81. The average Bonchev–Trinajstić information content (AvgIpc) is 2.29. The second-order valence-corrected chi connectivity index (χ2v) is 6.25. The van der Waals surface area contributed by atoms with Gasteiger partial charge in [0.25, 0.3) is 0 Å². The molecule has 0 unspecified atom stereocenters. The first-order valence-electron chi connectivity index (χ1n) is 4.71. The van der Waals surface area contributed by atoms with Crippen LogP contribution in [0.1, 0.15) is 0 Å². The maximum absolute atomic E-state index is 6.01. The van der Waals surface area contributed by atoms with E-state index in [1.807, 2.05) is 36.4 Å². The van der Waals surface area contributed by atoms with E-state index in [9.17, 15) is 0 Å². The lowest BCUT2D eigenvalue weighted by atomic mass is 10.3. The van der Waals surface area contributed by atoms with E-state index >= 15 is 0 Å². The van der Waals surface area contributed by atoms with E-state index in [4.69, 9.17) is 23.2 Å². The molecule has 2 aromatic carbocycles. The van der Waals surface area contributed by atoms with Crippen molar-refractivity contribution in [2.75, 3.05) is 0 Å². The Morgan fingerprint density at radius 2 is 1.18 bits per heavy atom. The van der Waals surface area contributed by atoms with Gasteiger partial charge in [-0.25, -0.2) is 0 Å². The molecule has 0 aliphatic rings. The summed E-state index contributed by atoms with van der Waals surface area (Å²) in [5.74, 6) is 0. The Bertz CT molecular complexity index is 506. The van der Waals surface area contributed by atoms with Gasteiger partial charge < -0.3 is 0 Å². The van der Waals surface area contributed by atoms with Crippen molar-refractivity contribution >= 4 is 60.2 Å². The molecule has 0 heterocycles. The summed E-state index contributed by atoms with van der Waals surface area (Å²) in [7, 11) is 0. The van der Waals surface area contributed by atoms with Crippen molar-refractivity contribution < 1.29 is 0 Å². The van der Waals surface area contributed by atoms with Gasteiger partial charge in [-0.2, -0.15) is 0 Å². The molecule has 88 valence electrons. The molecule has 0 nitrogen and oxygen atoms in total. The minimum Gasteiger partial charge on any atom is -0.142 e. The normalized spacial score (nSPS) is 10.6. The predicted molar refractivity (Wildman–Crippen MR) is 81.5 cm³/mol. The molecule has 0 atom stereocenters. The summed E-state index contributed by atoms with van der Waals surface area (Å²) in [6.45, 7) is 0. The van der Waals surface area contributed by atoms with Crippen LogP contribution in [0.2, 0.25) is 10.0 Å². The van der Waals surface area contributed by atoms with Gasteiger partial charge in [-0.3, -0.25) is 0 Å². The van der Waals surface area contributed by atoms with E-state index in [-0.39, 0.29) is 0 Å². The lowest BCUT2D eigenvalue weighted by molar-refractivity contribution is 1.32. The zero-order chi connectivity index (χ0) is 12.4. The molecule has 0 saturated carbocycles. The van der Waals surface area contributed by atoms with Crippen molar-refractivity contribution in [2.45, 2.75) is 19.6 Å². The Labute approximate surface area is 126 Å². The zero-order valence-electron chi connectivity index (χ0n) is 8.52. The topological polar surface area (TPSA) is 0 Å². The van der Waals surface area contributed by atoms with Gasteiger partial charge in [-0.15, -0.1) is 25.3 Å². The van der Waals surface area contributed by atoms with E-state index in [2.05, 4.69) is 25.3 Å². The molecule has 0 aliphatic carbocycles. The lowest BCUT2D eigenvalue weighted by Gasteiger charge is -2.05. The summed E-state index contributed by atoms with van der Waals surface area (Å²) in [5.41, 5.74) is 0. The third-order valence-corrected chi connectivity index (χ3v) is 4.72. The van der Waals surface area contributed by atoms with Crippen LogP contribution in [0.15, 0.2) is 56.0 Å². The van der Waals surface area contributed by atoms with Crippen molar-refractivity contribution in [3.8, 4) is 0 Å². The van der Waals surface area contributed by atoms with Crippen molar-refractivity contribution in [3.05, 3.63) is 46.4 Å². The molecule has 0 saturated heterocycles. The molecule has 0 fully saturated rings. The average molecular weight is 319 g/mol. The Morgan fingerprint density at radius 3 is 1.53 bits per heavy atom. The van der Waals surface area contributed by atoms with Crippen molar-refractivity contribution in [1.82, 2.24) is 0 Å². The Balaban J connectivity index is 2.25. The van der Waals surface area contributed by atoms with Crippen LogP contribution < -0.4 is 0 Å². The minimum atomic E-state index is 0.648. The first-order valence-corrected chi connectivity index (χ1v) is 7.18. The van der Waals surface area contributed by atoms with E-state index < -0.39 is 0 Å². The van der Waals surface area contributed by atoms with E-state index in [1.54, 1.807) is 11.8 Å². The van der Waals surface area contributed by atoms with E-state index in [0.717, 1.165) is 19.6 Å². The van der Waals surface area contributed by atoms with Gasteiger partial charge in [0.1, 0.15) is 0 Å². The smallest absolute Gasteiger partial charge is 0.0550 e. The highest BCUT2D eigenvalue weighted by atomic mass is 35.5. The molecule has 0 bridgehead atoms. The fourth-order valence-electron chi connectivity index (χ4n) is 1.24. The summed E-state index contributed by atoms with van der Waals surface area (Å²) >= 11 is 22.1. The highest BCUT2D eigenvalue weighted by molar-refractivity contribution is 7.99. The molecule has 0 aromatic heterocycles. The summed E-state index contributed by atoms with van der Waals surface area (Å²) in [5, 5.41) is 1.30. The van der Waals surface area contributed by atoms with Crippen LogP contribution in [0.25, 0.3) is 0 Å². The van der Waals surface area contributed by atoms with Crippen LogP contribution in [0, 0.1) is 0 Å². The summed E-state index contributed by atoms with van der Waals surface area (Å²) in [6.07, 6.45) is 0. The van der Waals surface area contributed by atoms with Gasteiger partial charge in [0.05, 0.1) is 10.0 Å². The zero-order valence-corrected chi connectivity index (χ0v) is 12.6. The van der Waals surface area contributed by atoms with Crippen LogP contribution in [0.4, 0.5) is 0 Å². The predicted octanol–water partition coefficient (Wildman–Crippen LogP) is 5.72. The monoisotopic (exact) mass is 318 g/mol. The van der Waals surface area contributed by atoms with Crippen LogP contribution in [0.3, 0.4) is 0 Å². The SMILES string of the molecule is Sc1ccc(Sc2ccc(S)c(Cl)c2)cc1Cl. The molecule has 17 heavy (non-hydrogen) atoms. The van der Waals surface area contributed by atoms with E-state index in [1.165, 1.54) is 0 Å². The molecule has 0 N–H and O–H groups in total. The van der Waals surface area contributed by atoms with Gasteiger partial charge in [0.2, 0.25) is 0 Å². The molecule has 2 aromatic rings. The van der Waals surface area contributed by atoms with Gasteiger partial charge in [-0.1, -0.05) is 35.0 Å². The van der Waals surface area contributed by atoms with Crippen LogP contribution >= 0.6 is 60.2 Å². The van der Waals surface area contributed by atoms with Crippen molar-refractivity contribution in [2.24, 2.45) is 0 Å². The maximum atomic E-state index is 6.01. The van der Waals surface area contributed by atoms with Crippen LogP contribution in [-0.2, 0) is 0 Å². The standard InChI is InChI=1S/C12H8Cl2S3/c13-9-5-7(1-3-11(9)15)17-8-2-4-12(16)10(14)6-8/h1-6,15-16H. The highest BCUT2D eigenvalue weighted by Crippen LogP contribution is 2.34. The molecule has 0 radical (unpaired) electrons. The highest BCUT2D eigenvalue weighted by Gasteiger charge is 2.03. The Morgan fingerprint density at radius 1 is 0.765 bits per heavy atom. The largest absolute Gasteiger partial charge is 0.142 e. The minimum absolute atomic E-state index is 0.648. The third-order valence-electron chi connectivity index (χ3n) is 2.07. The molecule has 0 amide bonds. The fourth-order valence-corrected chi connectivity index (χ4v) is 2.90. The summed E-state index contributed by atoms with van der Waals surface area (Å²) < 4.78 is 0. The van der Waals surface area contributed by atoms with Gasteiger partial charge >= 0.3 is 0 Å². The number of benzene rings is 2. The van der Waals surface area contributed by atoms with Gasteiger partial charge in [0.15, 0.2) is 0 Å². The Kier molecular flexibility index (Phi) is 4.61. The maximum Gasteiger partial charge on any atom is 0.0550 e. The molecule has 2 rings (SSSR count). The van der Waals surface area contributed by atoms with E-state index in [0.29, 0.717) is 10.0 Å². The van der Waals surface area contributed by atoms with Gasteiger partial charge in [-0.05, 0) is 36.4 Å². The number of halogens is 2. The molecule has 0 spiro atoms. The quantitative estimate of drug-likeness (QED) is 0.667. The summed E-state index contributed by atoms with van der Waals surface area (Å²) in [6, 6.07) is 11.5. The van der Waals surface area contributed by atoms with Crippen molar-refractivity contribution in [3.63, 3.8) is 0 Å².